The molecule has 3 rings (SSSR count). The Bertz CT molecular complexity index is 382. The van der Waals surface area contributed by atoms with Gasteiger partial charge in [0.1, 0.15) is 0 Å². The summed E-state index contributed by atoms with van der Waals surface area (Å²) in [6.45, 7) is 4.93. The standard InChI is InChI=1S/C16H30N4O/c1-18-16(15(17)21)7-4-5-13(11-16)20-10-6-14(12-20)19-8-2-3-9-19/h13-14,18H,2-12H2,1H3,(H2,17,21). The van der Waals surface area contributed by atoms with Crippen LogP contribution in [0.4, 0.5) is 0 Å². The van der Waals surface area contributed by atoms with E-state index in [2.05, 4.69) is 15.1 Å². The van der Waals surface area contributed by atoms with Gasteiger partial charge in [-0.05, 0) is 65.1 Å². The van der Waals surface area contributed by atoms with E-state index in [1.165, 1.54) is 51.9 Å². The predicted molar refractivity (Wildman–Crippen MR) is 84.0 cm³/mol. The minimum Gasteiger partial charge on any atom is -0.368 e. The van der Waals surface area contributed by atoms with E-state index >= 15 is 0 Å². The number of primary amides is 1. The first-order valence-electron chi connectivity index (χ1n) is 8.61. The number of hydrogen-bond donors (Lipinski definition) is 2. The number of nitrogens with two attached hydrogens (primary N) is 1. The van der Waals surface area contributed by atoms with E-state index in [4.69, 9.17) is 5.73 Å². The Morgan fingerprint density at radius 1 is 1.10 bits per heavy atom. The van der Waals surface area contributed by atoms with Gasteiger partial charge in [-0.25, -0.2) is 0 Å². The summed E-state index contributed by atoms with van der Waals surface area (Å²) in [6, 6.07) is 1.26. The molecule has 0 bridgehead atoms. The van der Waals surface area contributed by atoms with Crippen LogP contribution in [-0.4, -0.2) is 66.6 Å². The molecule has 0 aromatic carbocycles. The Hall–Kier alpha value is -0.650. The van der Waals surface area contributed by atoms with Crippen molar-refractivity contribution in [2.45, 2.75) is 62.6 Å². The van der Waals surface area contributed by atoms with Gasteiger partial charge in [-0.3, -0.25) is 14.6 Å². The van der Waals surface area contributed by atoms with Crippen LogP contribution in [0.15, 0.2) is 0 Å². The van der Waals surface area contributed by atoms with Crippen molar-refractivity contribution in [2.75, 3.05) is 33.2 Å². The summed E-state index contributed by atoms with van der Waals surface area (Å²) >= 11 is 0. The zero-order valence-corrected chi connectivity index (χ0v) is 13.3. The van der Waals surface area contributed by atoms with E-state index in [1.54, 1.807) is 0 Å². The Kier molecular flexibility index (Phi) is 4.52. The number of carbonyl (C=O) groups excluding carboxylic acids is 1. The lowest BCUT2D eigenvalue weighted by Gasteiger charge is -2.42. The zero-order valence-electron chi connectivity index (χ0n) is 13.3. The van der Waals surface area contributed by atoms with Crippen molar-refractivity contribution in [3.05, 3.63) is 0 Å². The Morgan fingerprint density at radius 2 is 1.86 bits per heavy atom. The predicted octanol–water partition coefficient (Wildman–Crippen LogP) is 0.543. The molecule has 2 heterocycles. The first-order chi connectivity index (χ1) is 10.1. The van der Waals surface area contributed by atoms with Crippen molar-refractivity contribution < 1.29 is 4.79 Å². The summed E-state index contributed by atoms with van der Waals surface area (Å²) in [4.78, 5) is 17.2. The smallest absolute Gasteiger partial charge is 0.237 e. The van der Waals surface area contributed by atoms with Crippen LogP contribution < -0.4 is 11.1 Å². The first kappa shape index (κ1) is 15.3. The highest BCUT2D eigenvalue weighted by Gasteiger charge is 2.43. The summed E-state index contributed by atoms with van der Waals surface area (Å²) in [5.41, 5.74) is 5.19. The molecule has 0 aromatic rings. The van der Waals surface area contributed by atoms with Crippen molar-refractivity contribution in [1.29, 1.82) is 0 Å². The summed E-state index contributed by atoms with van der Waals surface area (Å²) in [5, 5.41) is 3.23. The molecule has 1 saturated carbocycles. The number of likely N-dealkylation sites (tertiary alicyclic amines) is 2. The molecule has 3 N–H and O–H groups in total. The number of hydrogen-bond acceptors (Lipinski definition) is 4. The van der Waals surface area contributed by atoms with Gasteiger partial charge in [0.25, 0.3) is 0 Å². The van der Waals surface area contributed by atoms with Gasteiger partial charge in [0.05, 0.1) is 5.54 Å². The van der Waals surface area contributed by atoms with Crippen molar-refractivity contribution >= 4 is 5.91 Å². The second kappa shape index (κ2) is 6.23. The van der Waals surface area contributed by atoms with Gasteiger partial charge in [-0.1, -0.05) is 0 Å². The quantitative estimate of drug-likeness (QED) is 0.794. The molecule has 5 heteroatoms. The molecule has 1 aliphatic carbocycles. The van der Waals surface area contributed by atoms with Gasteiger partial charge in [-0.15, -0.1) is 0 Å². The van der Waals surface area contributed by atoms with Crippen molar-refractivity contribution in [3.63, 3.8) is 0 Å². The maximum atomic E-state index is 11.9. The Labute approximate surface area is 128 Å². The molecule has 5 nitrogen and oxygen atoms in total. The fraction of sp³-hybridized carbons (Fsp3) is 0.938. The van der Waals surface area contributed by atoms with Gasteiger partial charge in [0.2, 0.25) is 5.91 Å². The molecule has 0 spiro atoms. The average molecular weight is 294 g/mol. The van der Waals surface area contributed by atoms with Gasteiger partial charge < -0.3 is 11.1 Å². The minimum atomic E-state index is -0.478. The maximum Gasteiger partial charge on any atom is 0.237 e. The van der Waals surface area contributed by atoms with Crippen LogP contribution >= 0.6 is 0 Å². The summed E-state index contributed by atoms with van der Waals surface area (Å²) in [6.07, 6.45) is 8.10. The SMILES string of the molecule is CNC1(C(N)=O)CCCC(N2CCC(N3CCCC3)C2)C1. The van der Waals surface area contributed by atoms with E-state index < -0.39 is 5.54 Å². The van der Waals surface area contributed by atoms with E-state index in [9.17, 15) is 4.79 Å². The van der Waals surface area contributed by atoms with E-state index in [1.807, 2.05) is 7.05 Å². The second-order valence-corrected chi connectivity index (χ2v) is 7.13. The van der Waals surface area contributed by atoms with E-state index in [-0.39, 0.29) is 5.91 Å². The number of likely N-dealkylation sites (N-methyl/N-ethyl adjacent to an activating group) is 1. The van der Waals surface area contributed by atoms with Gasteiger partial charge in [0.15, 0.2) is 0 Å². The molecule has 21 heavy (non-hydrogen) atoms. The van der Waals surface area contributed by atoms with Gasteiger partial charge >= 0.3 is 0 Å². The molecular weight excluding hydrogens is 264 g/mol. The third kappa shape index (κ3) is 2.96. The van der Waals surface area contributed by atoms with Gasteiger partial charge in [-0.2, -0.15) is 0 Å². The first-order valence-corrected chi connectivity index (χ1v) is 8.61. The van der Waals surface area contributed by atoms with Crippen LogP contribution in [0.2, 0.25) is 0 Å². The van der Waals surface area contributed by atoms with Gasteiger partial charge in [0, 0.05) is 25.2 Å². The third-order valence-electron chi connectivity index (χ3n) is 6.04. The fourth-order valence-corrected chi connectivity index (χ4v) is 4.64. The molecule has 3 unspecified atom stereocenters. The Balaban J connectivity index is 1.60. The highest BCUT2D eigenvalue weighted by Crippen LogP contribution is 2.33. The van der Waals surface area contributed by atoms with Crippen LogP contribution in [0, 0.1) is 0 Å². The summed E-state index contributed by atoms with van der Waals surface area (Å²) in [7, 11) is 1.88. The molecule has 2 saturated heterocycles. The van der Waals surface area contributed by atoms with Crippen LogP contribution in [-0.2, 0) is 4.79 Å². The van der Waals surface area contributed by atoms with Crippen molar-refractivity contribution in [1.82, 2.24) is 15.1 Å². The number of carbonyl (C=O) groups is 1. The summed E-state index contributed by atoms with van der Waals surface area (Å²) < 4.78 is 0. The number of amides is 1. The monoisotopic (exact) mass is 294 g/mol. The zero-order chi connectivity index (χ0) is 14.9. The molecule has 1 amide bonds. The highest BCUT2D eigenvalue weighted by molar-refractivity contribution is 5.84. The lowest BCUT2D eigenvalue weighted by Crippen LogP contribution is -2.59. The van der Waals surface area contributed by atoms with Crippen molar-refractivity contribution in [3.8, 4) is 0 Å². The molecule has 2 aliphatic heterocycles. The number of nitrogens with one attached hydrogen (secondary N) is 1. The van der Waals surface area contributed by atoms with E-state index in [0.717, 1.165) is 25.3 Å². The Morgan fingerprint density at radius 3 is 2.52 bits per heavy atom. The highest BCUT2D eigenvalue weighted by atomic mass is 16.1. The third-order valence-corrected chi connectivity index (χ3v) is 6.04. The summed E-state index contributed by atoms with van der Waals surface area (Å²) in [5.74, 6) is -0.176. The normalized spacial score (nSPS) is 38.9. The molecule has 120 valence electrons. The number of rotatable bonds is 4. The minimum absolute atomic E-state index is 0.176. The topological polar surface area (TPSA) is 61.6 Å². The van der Waals surface area contributed by atoms with Crippen LogP contribution in [0.25, 0.3) is 0 Å². The van der Waals surface area contributed by atoms with E-state index in [0.29, 0.717) is 6.04 Å². The fourth-order valence-electron chi connectivity index (χ4n) is 4.64. The van der Waals surface area contributed by atoms with Crippen LogP contribution in [0.1, 0.15) is 44.9 Å². The molecular formula is C16H30N4O. The molecule has 0 radical (unpaired) electrons. The second-order valence-electron chi connectivity index (χ2n) is 7.13. The number of nitrogens with zero attached hydrogens (tertiary/aromatic N) is 2. The molecule has 3 aliphatic rings. The van der Waals surface area contributed by atoms with Crippen molar-refractivity contribution in [2.24, 2.45) is 5.73 Å². The molecule has 0 aromatic heterocycles. The molecule has 3 fully saturated rings. The average Bonchev–Trinajstić information content (AvgIpc) is 3.17. The van der Waals surface area contributed by atoms with Crippen LogP contribution in [0.5, 0.6) is 0 Å². The largest absolute Gasteiger partial charge is 0.368 e. The lowest BCUT2D eigenvalue weighted by molar-refractivity contribution is -0.126. The maximum absolute atomic E-state index is 11.9. The van der Waals surface area contributed by atoms with Crippen LogP contribution in [0.3, 0.4) is 0 Å². The lowest BCUT2D eigenvalue weighted by atomic mass is 9.78. The molecule has 3 atom stereocenters.